The van der Waals surface area contributed by atoms with Crippen LogP contribution in [0.3, 0.4) is 0 Å². The van der Waals surface area contributed by atoms with Crippen molar-refractivity contribution in [3.63, 3.8) is 0 Å². The summed E-state index contributed by atoms with van der Waals surface area (Å²) in [4.78, 5) is 1.14. The Balaban J connectivity index is 2.02. The Labute approximate surface area is 112 Å². The van der Waals surface area contributed by atoms with Crippen LogP contribution in [-0.2, 0) is 12.4 Å². The quantitative estimate of drug-likeness (QED) is 0.835. The summed E-state index contributed by atoms with van der Waals surface area (Å²) in [6, 6.07) is 16.0. The van der Waals surface area contributed by atoms with Crippen LogP contribution >= 0.6 is 11.8 Å². The number of methoxy groups -OCH3 is 1. The molecule has 2 nitrogen and oxygen atoms in total. The maximum atomic E-state index is 8.98. The number of aliphatic hydroxyl groups is 1. The van der Waals surface area contributed by atoms with Crippen LogP contribution in [-0.4, -0.2) is 12.2 Å². The summed E-state index contributed by atoms with van der Waals surface area (Å²) in [6.07, 6.45) is 0. The molecule has 3 heteroatoms. The third-order valence-electron chi connectivity index (χ3n) is 2.67. The van der Waals surface area contributed by atoms with Gasteiger partial charge in [-0.25, -0.2) is 0 Å². The maximum Gasteiger partial charge on any atom is 0.132 e. The highest BCUT2D eigenvalue weighted by molar-refractivity contribution is 7.98. The molecule has 0 unspecified atom stereocenters. The van der Waals surface area contributed by atoms with Gasteiger partial charge in [-0.15, -0.1) is 11.8 Å². The molecule has 0 amide bonds. The minimum absolute atomic E-state index is 0.0972. The van der Waals surface area contributed by atoms with Crippen molar-refractivity contribution in [2.24, 2.45) is 0 Å². The number of benzene rings is 2. The van der Waals surface area contributed by atoms with E-state index in [4.69, 9.17) is 9.84 Å². The van der Waals surface area contributed by atoms with Crippen LogP contribution in [0.2, 0.25) is 0 Å². The van der Waals surface area contributed by atoms with Gasteiger partial charge < -0.3 is 9.84 Å². The van der Waals surface area contributed by atoms with Gasteiger partial charge in [0.15, 0.2) is 0 Å². The zero-order valence-electron chi connectivity index (χ0n) is 10.3. The van der Waals surface area contributed by atoms with Gasteiger partial charge in [0.05, 0.1) is 13.7 Å². The molecule has 0 bridgehead atoms. The summed E-state index contributed by atoms with van der Waals surface area (Å²) in [6.45, 7) is 0.0972. The first-order chi connectivity index (χ1) is 8.83. The van der Waals surface area contributed by atoms with Gasteiger partial charge >= 0.3 is 0 Å². The summed E-state index contributed by atoms with van der Waals surface area (Å²) in [5, 5.41) is 8.98. The SMILES string of the molecule is COc1ccccc1SCc1ccc(CO)cc1. The van der Waals surface area contributed by atoms with Gasteiger partial charge in [-0.2, -0.15) is 0 Å². The third-order valence-corrected chi connectivity index (χ3v) is 3.79. The average molecular weight is 260 g/mol. The highest BCUT2D eigenvalue weighted by Gasteiger charge is 2.02. The van der Waals surface area contributed by atoms with Crippen LogP contribution in [0.5, 0.6) is 5.75 Å². The van der Waals surface area contributed by atoms with E-state index in [1.54, 1.807) is 18.9 Å². The van der Waals surface area contributed by atoms with Crippen LogP contribution < -0.4 is 4.74 Å². The Morgan fingerprint density at radius 3 is 2.33 bits per heavy atom. The lowest BCUT2D eigenvalue weighted by Crippen LogP contribution is -1.87. The fraction of sp³-hybridized carbons (Fsp3) is 0.200. The molecule has 2 rings (SSSR count). The molecular formula is C15H16O2S. The van der Waals surface area contributed by atoms with Crippen LogP contribution in [0.1, 0.15) is 11.1 Å². The minimum Gasteiger partial charge on any atom is -0.496 e. The van der Waals surface area contributed by atoms with Gasteiger partial charge in [0.1, 0.15) is 5.75 Å². The summed E-state index contributed by atoms with van der Waals surface area (Å²) in [5.74, 6) is 1.81. The lowest BCUT2D eigenvalue weighted by atomic mass is 10.2. The summed E-state index contributed by atoms with van der Waals surface area (Å²) >= 11 is 1.75. The van der Waals surface area contributed by atoms with Crippen molar-refractivity contribution in [2.45, 2.75) is 17.3 Å². The lowest BCUT2D eigenvalue weighted by Gasteiger charge is -2.07. The highest BCUT2D eigenvalue weighted by atomic mass is 32.2. The van der Waals surface area contributed by atoms with Crippen molar-refractivity contribution >= 4 is 11.8 Å². The highest BCUT2D eigenvalue weighted by Crippen LogP contribution is 2.31. The van der Waals surface area contributed by atoms with Crippen molar-refractivity contribution in [2.75, 3.05) is 7.11 Å². The van der Waals surface area contributed by atoms with E-state index in [1.807, 2.05) is 42.5 Å². The molecule has 0 radical (unpaired) electrons. The third kappa shape index (κ3) is 3.28. The first-order valence-corrected chi connectivity index (χ1v) is 6.76. The van der Waals surface area contributed by atoms with Crippen LogP contribution in [0, 0.1) is 0 Å². The fourth-order valence-corrected chi connectivity index (χ4v) is 2.62. The second-order valence-corrected chi connectivity index (χ2v) is 4.93. The summed E-state index contributed by atoms with van der Waals surface area (Å²) in [5.41, 5.74) is 2.18. The Morgan fingerprint density at radius 1 is 1.00 bits per heavy atom. The van der Waals surface area contributed by atoms with Crippen molar-refractivity contribution in [3.05, 3.63) is 59.7 Å². The molecule has 0 aliphatic carbocycles. The molecule has 0 fully saturated rings. The molecule has 0 saturated heterocycles. The van der Waals surface area contributed by atoms with Crippen molar-refractivity contribution in [3.8, 4) is 5.75 Å². The zero-order valence-corrected chi connectivity index (χ0v) is 11.1. The normalized spacial score (nSPS) is 10.3. The van der Waals surface area contributed by atoms with Crippen molar-refractivity contribution in [1.29, 1.82) is 0 Å². The molecule has 18 heavy (non-hydrogen) atoms. The van der Waals surface area contributed by atoms with Gasteiger partial charge in [-0.05, 0) is 23.3 Å². The molecule has 0 heterocycles. The van der Waals surface area contributed by atoms with Crippen molar-refractivity contribution in [1.82, 2.24) is 0 Å². The number of aliphatic hydroxyl groups excluding tert-OH is 1. The maximum absolute atomic E-state index is 8.98. The largest absolute Gasteiger partial charge is 0.496 e. The molecular weight excluding hydrogens is 244 g/mol. The topological polar surface area (TPSA) is 29.5 Å². The van der Waals surface area contributed by atoms with Gasteiger partial charge in [0, 0.05) is 10.6 Å². The molecule has 0 saturated carbocycles. The molecule has 94 valence electrons. The standard InChI is InChI=1S/C15H16O2S/c1-17-14-4-2-3-5-15(14)18-11-13-8-6-12(10-16)7-9-13/h2-9,16H,10-11H2,1H3. The van der Waals surface area contributed by atoms with E-state index in [0.29, 0.717) is 0 Å². The van der Waals surface area contributed by atoms with E-state index in [-0.39, 0.29) is 6.61 Å². The molecule has 2 aromatic rings. The predicted molar refractivity (Wildman–Crippen MR) is 74.9 cm³/mol. The molecule has 0 aromatic heterocycles. The first kappa shape index (κ1) is 13.0. The monoisotopic (exact) mass is 260 g/mol. The zero-order chi connectivity index (χ0) is 12.8. The van der Waals surface area contributed by atoms with Crippen LogP contribution in [0.15, 0.2) is 53.4 Å². The number of rotatable bonds is 5. The number of hydrogen-bond donors (Lipinski definition) is 1. The number of thioether (sulfide) groups is 1. The lowest BCUT2D eigenvalue weighted by molar-refractivity contribution is 0.282. The number of ether oxygens (including phenoxy) is 1. The van der Waals surface area contributed by atoms with Crippen molar-refractivity contribution < 1.29 is 9.84 Å². The molecule has 1 N–H and O–H groups in total. The second-order valence-electron chi connectivity index (χ2n) is 3.91. The average Bonchev–Trinajstić information content (AvgIpc) is 2.46. The second kappa shape index (κ2) is 6.47. The van der Waals surface area contributed by atoms with Gasteiger partial charge in [-0.1, -0.05) is 36.4 Å². The van der Waals surface area contributed by atoms with E-state index < -0.39 is 0 Å². The Kier molecular flexibility index (Phi) is 4.67. The Bertz CT molecular complexity index is 494. The first-order valence-electron chi connectivity index (χ1n) is 5.78. The van der Waals surface area contributed by atoms with E-state index in [0.717, 1.165) is 22.0 Å². The number of hydrogen-bond acceptors (Lipinski definition) is 3. The summed E-state index contributed by atoms with van der Waals surface area (Å²) in [7, 11) is 1.69. The fourth-order valence-electron chi connectivity index (χ4n) is 1.64. The summed E-state index contributed by atoms with van der Waals surface area (Å²) < 4.78 is 5.32. The van der Waals surface area contributed by atoms with E-state index in [1.165, 1.54) is 5.56 Å². The molecule has 0 atom stereocenters. The van der Waals surface area contributed by atoms with Gasteiger partial charge in [-0.3, -0.25) is 0 Å². The number of para-hydroxylation sites is 1. The van der Waals surface area contributed by atoms with Gasteiger partial charge in [0.25, 0.3) is 0 Å². The predicted octanol–water partition coefficient (Wildman–Crippen LogP) is 3.48. The van der Waals surface area contributed by atoms with E-state index in [2.05, 4.69) is 6.07 Å². The van der Waals surface area contributed by atoms with Crippen LogP contribution in [0.4, 0.5) is 0 Å². The molecule has 0 aliphatic rings. The Morgan fingerprint density at radius 2 is 1.67 bits per heavy atom. The Hall–Kier alpha value is -1.45. The van der Waals surface area contributed by atoms with E-state index in [9.17, 15) is 0 Å². The molecule has 0 spiro atoms. The van der Waals surface area contributed by atoms with E-state index >= 15 is 0 Å². The van der Waals surface area contributed by atoms with Crippen LogP contribution in [0.25, 0.3) is 0 Å². The smallest absolute Gasteiger partial charge is 0.132 e. The molecule has 0 aliphatic heterocycles. The molecule has 2 aromatic carbocycles. The van der Waals surface area contributed by atoms with Gasteiger partial charge in [0.2, 0.25) is 0 Å². The minimum atomic E-state index is 0.0972.